The Kier molecular flexibility index (Phi) is 4.80. The van der Waals surface area contributed by atoms with Crippen LogP contribution in [0.25, 0.3) is 6.08 Å². The van der Waals surface area contributed by atoms with Crippen LogP contribution < -0.4 is 5.32 Å². The summed E-state index contributed by atoms with van der Waals surface area (Å²) < 4.78 is 1.09. The van der Waals surface area contributed by atoms with Gasteiger partial charge in [-0.25, -0.2) is 0 Å². The van der Waals surface area contributed by atoms with Crippen molar-refractivity contribution in [1.29, 1.82) is 0 Å². The molecule has 1 aromatic rings. The number of carbonyl (C=O) groups is 1. The number of amides is 1. The zero-order chi connectivity index (χ0) is 12.1. The Hall–Kier alpha value is -0.610. The van der Waals surface area contributed by atoms with Gasteiger partial charge in [0, 0.05) is 17.0 Å². The minimum atomic E-state index is 0.0291. The molecule has 2 rings (SSSR count). The topological polar surface area (TPSA) is 29.1 Å². The smallest absolute Gasteiger partial charge is 0.244 e. The Bertz CT molecular complexity index is 407. The van der Waals surface area contributed by atoms with Crippen LogP contribution in [0, 0.1) is 0 Å². The molecule has 92 valence electrons. The van der Waals surface area contributed by atoms with Crippen LogP contribution in [0.3, 0.4) is 0 Å². The van der Waals surface area contributed by atoms with Gasteiger partial charge in [0.25, 0.3) is 0 Å². The van der Waals surface area contributed by atoms with Crippen LogP contribution in [-0.4, -0.2) is 11.9 Å². The van der Waals surface area contributed by atoms with Gasteiger partial charge in [0.2, 0.25) is 5.91 Å². The summed E-state index contributed by atoms with van der Waals surface area (Å²) in [6.07, 6.45) is 9.55. The third-order valence-corrected chi connectivity index (χ3v) is 4.53. The van der Waals surface area contributed by atoms with Gasteiger partial charge in [0.05, 0.1) is 3.79 Å². The second kappa shape index (κ2) is 6.36. The maximum Gasteiger partial charge on any atom is 0.244 e. The minimum absolute atomic E-state index is 0.0291. The molecule has 1 aliphatic carbocycles. The quantitative estimate of drug-likeness (QED) is 0.840. The van der Waals surface area contributed by atoms with E-state index in [2.05, 4.69) is 21.2 Å². The lowest BCUT2D eigenvalue weighted by Gasteiger charge is -2.21. The third-order valence-electron chi connectivity index (χ3n) is 2.94. The highest BCUT2D eigenvalue weighted by Crippen LogP contribution is 2.23. The molecular weight excluding hydrogens is 298 g/mol. The average molecular weight is 314 g/mol. The Morgan fingerprint density at radius 1 is 1.35 bits per heavy atom. The fourth-order valence-electron chi connectivity index (χ4n) is 2.07. The highest BCUT2D eigenvalue weighted by Gasteiger charge is 2.13. The number of carbonyl (C=O) groups excluding carboxylic acids is 1. The van der Waals surface area contributed by atoms with Crippen LogP contribution >= 0.6 is 27.3 Å². The second-order valence-corrected chi connectivity index (χ2v) is 6.81. The molecule has 4 heteroatoms. The van der Waals surface area contributed by atoms with E-state index >= 15 is 0 Å². The van der Waals surface area contributed by atoms with Crippen LogP contribution in [0.5, 0.6) is 0 Å². The highest BCUT2D eigenvalue weighted by atomic mass is 79.9. The first-order valence-corrected chi connectivity index (χ1v) is 7.59. The summed E-state index contributed by atoms with van der Waals surface area (Å²) in [7, 11) is 0. The summed E-state index contributed by atoms with van der Waals surface area (Å²) in [5.41, 5.74) is 0. The van der Waals surface area contributed by atoms with Gasteiger partial charge in [0.1, 0.15) is 0 Å². The SMILES string of the molecule is O=C(/C=C/c1ccc(Br)s1)NC1CCCCC1. The molecule has 1 saturated carbocycles. The molecular formula is C13H16BrNOS. The molecule has 0 unspecified atom stereocenters. The molecule has 0 bridgehead atoms. The van der Waals surface area contributed by atoms with Gasteiger partial charge >= 0.3 is 0 Å². The largest absolute Gasteiger partial charge is 0.350 e. The van der Waals surface area contributed by atoms with Crippen molar-refractivity contribution < 1.29 is 4.79 Å². The van der Waals surface area contributed by atoms with Gasteiger partial charge in [-0.1, -0.05) is 19.3 Å². The normalized spacial score (nSPS) is 17.5. The Balaban J connectivity index is 1.82. The summed E-state index contributed by atoms with van der Waals surface area (Å²) in [4.78, 5) is 12.8. The van der Waals surface area contributed by atoms with Crippen LogP contribution in [0.2, 0.25) is 0 Å². The maximum absolute atomic E-state index is 11.7. The molecule has 1 aromatic heterocycles. The summed E-state index contributed by atoms with van der Waals surface area (Å²) >= 11 is 5.03. The molecule has 17 heavy (non-hydrogen) atoms. The van der Waals surface area contributed by atoms with Crippen LogP contribution in [-0.2, 0) is 4.79 Å². The van der Waals surface area contributed by atoms with Gasteiger partial charge in [-0.15, -0.1) is 11.3 Å². The molecule has 0 radical (unpaired) electrons. The molecule has 0 spiro atoms. The van der Waals surface area contributed by atoms with Crippen molar-refractivity contribution in [2.24, 2.45) is 0 Å². The van der Waals surface area contributed by atoms with E-state index < -0.39 is 0 Å². The summed E-state index contributed by atoms with van der Waals surface area (Å²) in [5, 5.41) is 3.06. The number of hydrogen-bond acceptors (Lipinski definition) is 2. The maximum atomic E-state index is 11.7. The fourth-order valence-corrected chi connectivity index (χ4v) is 3.40. The van der Waals surface area contributed by atoms with E-state index in [0.717, 1.165) is 21.5 Å². The first-order chi connectivity index (χ1) is 8.24. The van der Waals surface area contributed by atoms with Crippen molar-refractivity contribution in [2.75, 3.05) is 0 Å². The number of nitrogens with one attached hydrogen (secondary N) is 1. The van der Waals surface area contributed by atoms with E-state index in [1.54, 1.807) is 17.4 Å². The van der Waals surface area contributed by atoms with E-state index in [9.17, 15) is 4.79 Å². The molecule has 1 aliphatic rings. The molecule has 1 N–H and O–H groups in total. The first kappa shape index (κ1) is 12.8. The van der Waals surface area contributed by atoms with Gasteiger partial charge in [-0.2, -0.15) is 0 Å². The lowest BCUT2D eigenvalue weighted by Crippen LogP contribution is -2.34. The van der Waals surface area contributed by atoms with Crippen molar-refractivity contribution in [3.05, 3.63) is 26.9 Å². The Morgan fingerprint density at radius 3 is 2.76 bits per heavy atom. The lowest BCUT2D eigenvalue weighted by molar-refractivity contribution is -0.117. The van der Waals surface area contributed by atoms with Crippen molar-refractivity contribution in [3.63, 3.8) is 0 Å². The van der Waals surface area contributed by atoms with Gasteiger partial charge in [0.15, 0.2) is 0 Å². The standard InChI is InChI=1S/C13H16BrNOS/c14-12-8-6-11(17-12)7-9-13(16)15-10-4-2-1-3-5-10/h6-10H,1-5H2,(H,15,16)/b9-7+. The highest BCUT2D eigenvalue weighted by molar-refractivity contribution is 9.11. The monoisotopic (exact) mass is 313 g/mol. The Morgan fingerprint density at radius 2 is 2.12 bits per heavy atom. The molecule has 0 saturated heterocycles. The summed E-state index contributed by atoms with van der Waals surface area (Å²) in [6, 6.07) is 4.37. The van der Waals surface area contributed by atoms with Crippen molar-refractivity contribution >= 4 is 39.2 Å². The molecule has 2 nitrogen and oxygen atoms in total. The first-order valence-electron chi connectivity index (χ1n) is 5.98. The fraction of sp³-hybridized carbons (Fsp3) is 0.462. The predicted octanol–water partition coefficient (Wildman–Crippen LogP) is 3.97. The predicted molar refractivity (Wildman–Crippen MR) is 76.1 cm³/mol. The van der Waals surface area contributed by atoms with Crippen LogP contribution in [0.15, 0.2) is 22.0 Å². The molecule has 1 fully saturated rings. The lowest BCUT2D eigenvalue weighted by atomic mass is 9.95. The molecule has 0 aliphatic heterocycles. The molecule has 0 atom stereocenters. The van der Waals surface area contributed by atoms with E-state index in [1.807, 2.05) is 18.2 Å². The molecule has 0 aromatic carbocycles. The second-order valence-electron chi connectivity index (χ2n) is 4.32. The third kappa shape index (κ3) is 4.28. The summed E-state index contributed by atoms with van der Waals surface area (Å²) in [5.74, 6) is 0.0291. The van der Waals surface area contributed by atoms with Gasteiger partial charge in [-0.3, -0.25) is 4.79 Å². The number of rotatable bonds is 3. The molecule has 1 amide bonds. The van der Waals surface area contributed by atoms with E-state index in [0.29, 0.717) is 6.04 Å². The zero-order valence-electron chi connectivity index (χ0n) is 9.62. The van der Waals surface area contributed by atoms with Gasteiger partial charge in [-0.05, 0) is 47.0 Å². The number of hydrogen-bond donors (Lipinski definition) is 1. The minimum Gasteiger partial charge on any atom is -0.350 e. The van der Waals surface area contributed by atoms with Gasteiger partial charge < -0.3 is 5.32 Å². The average Bonchev–Trinajstić information content (AvgIpc) is 2.74. The van der Waals surface area contributed by atoms with Crippen molar-refractivity contribution in [2.45, 2.75) is 38.1 Å². The molecule has 1 heterocycles. The number of thiophene rings is 1. The Labute approximate surface area is 114 Å². The van der Waals surface area contributed by atoms with Crippen LogP contribution in [0.1, 0.15) is 37.0 Å². The van der Waals surface area contributed by atoms with E-state index in [-0.39, 0.29) is 5.91 Å². The van der Waals surface area contributed by atoms with Crippen molar-refractivity contribution in [3.8, 4) is 0 Å². The summed E-state index contributed by atoms with van der Waals surface area (Å²) in [6.45, 7) is 0. The van der Waals surface area contributed by atoms with E-state index in [4.69, 9.17) is 0 Å². The zero-order valence-corrected chi connectivity index (χ0v) is 12.0. The van der Waals surface area contributed by atoms with E-state index in [1.165, 1.54) is 19.3 Å². The van der Waals surface area contributed by atoms with Crippen LogP contribution in [0.4, 0.5) is 0 Å². The van der Waals surface area contributed by atoms with Crippen molar-refractivity contribution in [1.82, 2.24) is 5.32 Å². The number of halogens is 1.